The van der Waals surface area contributed by atoms with Crippen LogP contribution >= 0.6 is 23.2 Å². The molecule has 0 spiro atoms. The fraction of sp³-hybridized carbons (Fsp3) is 0.500. The van der Waals surface area contributed by atoms with Gasteiger partial charge in [-0.05, 0) is 61.1 Å². The summed E-state index contributed by atoms with van der Waals surface area (Å²) in [6, 6.07) is 15.8. The van der Waals surface area contributed by atoms with E-state index < -0.39 is 0 Å². The average molecular weight is 421 g/mol. The molecule has 28 heavy (non-hydrogen) atoms. The lowest BCUT2D eigenvalue weighted by atomic mass is 9.80. The Hall–Kier alpha value is -1.06. The highest BCUT2D eigenvalue weighted by Gasteiger charge is 2.35. The highest BCUT2D eigenvalue weighted by atomic mass is 35.5. The van der Waals surface area contributed by atoms with Gasteiger partial charge in [0.05, 0.1) is 13.2 Å². The van der Waals surface area contributed by atoms with Crippen LogP contribution in [0.5, 0.6) is 0 Å². The summed E-state index contributed by atoms with van der Waals surface area (Å²) in [6.45, 7) is 0.487. The van der Waals surface area contributed by atoms with Crippen molar-refractivity contribution in [2.75, 3.05) is 13.2 Å². The molecule has 4 heteroatoms. The molecule has 0 heterocycles. The van der Waals surface area contributed by atoms with Gasteiger partial charge in [0.2, 0.25) is 0 Å². The van der Waals surface area contributed by atoms with Gasteiger partial charge in [0.25, 0.3) is 0 Å². The quantitative estimate of drug-likeness (QED) is 0.609. The van der Waals surface area contributed by atoms with Crippen LogP contribution in [0.25, 0.3) is 0 Å². The molecule has 2 saturated carbocycles. The SMILES string of the molecule is OCC1(c2cccc(Cl)c2)CCCC1.OCC1(c2cccc(Cl)c2)CCCC1. The molecule has 0 bridgehead atoms. The van der Waals surface area contributed by atoms with E-state index in [1.807, 2.05) is 36.4 Å². The van der Waals surface area contributed by atoms with Gasteiger partial charge in [0.1, 0.15) is 0 Å². The van der Waals surface area contributed by atoms with Gasteiger partial charge in [0, 0.05) is 20.9 Å². The summed E-state index contributed by atoms with van der Waals surface area (Å²) in [5.41, 5.74) is 2.38. The van der Waals surface area contributed by atoms with Crippen LogP contribution in [0.15, 0.2) is 48.5 Å². The Bertz CT molecular complexity index is 697. The van der Waals surface area contributed by atoms with Gasteiger partial charge < -0.3 is 10.2 Å². The van der Waals surface area contributed by atoms with E-state index >= 15 is 0 Å². The van der Waals surface area contributed by atoms with Crippen LogP contribution in [-0.4, -0.2) is 23.4 Å². The molecule has 2 aromatic rings. The average Bonchev–Trinajstić information content (AvgIpc) is 3.39. The molecule has 0 aliphatic heterocycles. The minimum Gasteiger partial charge on any atom is -0.395 e. The highest BCUT2D eigenvalue weighted by Crippen LogP contribution is 2.42. The van der Waals surface area contributed by atoms with Crippen LogP contribution < -0.4 is 0 Å². The van der Waals surface area contributed by atoms with Crippen molar-refractivity contribution >= 4 is 23.2 Å². The maximum atomic E-state index is 9.52. The fourth-order valence-electron chi connectivity index (χ4n) is 4.82. The van der Waals surface area contributed by atoms with E-state index in [9.17, 15) is 10.2 Å². The van der Waals surface area contributed by atoms with E-state index in [-0.39, 0.29) is 24.0 Å². The second kappa shape index (κ2) is 9.63. The molecule has 0 aromatic heterocycles. The lowest BCUT2D eigenvalue weighted by molar-refractivity contribution is 0.196. The van der Waals surface area contributed by atoms with Crippen molar-refractivity contribution in [2.24, 2.45) is 0 Å². The molecule has 2 aliphatic rings. The van der Waals surface area contributed by atoms with Crippen molar-refractivity contribution in [3.05, 3.63) is 69.7 Å². The molecule has 2 fully saturated rings. The number of hydrogen-bond donors (Lipinski definition) is 2. The summed E-state index contributed by atoms with van der Waals surface area (Å²) >= 11 is 11.9. The van der Waals surface area contributed by atoms with Crippen molar-refractivity contribution in [2.45, 2.75) is 62.2 Å². The molecule has 2 nitrogen and oxygen atoms in total. The van der Waals surface area contributed by atoms with Crippen LogP contribution in [0.3, 0.4) is 0 Å². The lowest BCUT2D eigenvalue weighted by Gasteiger charge is -2.27. The van der Waals surface area contributed by atoms with Crippen molar-refractivity contribution in [3.63, 3.8) is 0 Å². The van der Waals surface area contributed by atoms with Crippen molar-refractivity contribution in [1.82, 2.24) is 0 Å². The Morgan fingerprint density at radius 2 is 1.00 bits per heavy atom. The number of benzene rings is 2. The van der Waals surface area contributed by atoms with Crippen LogP contribution in [0.2, 0.25) is 10.0 Å². The van der Waals surface area contributed by atoms with E-state index in [4.69, 9.17) is 23.2 Å². The van der Waals surface area contributed by atoms with Gasteiger partial charge >= 0.3 is 0 Å². The zero-order valence-corrected chi connectivity index (χ0v) is 17.9. The molecule has 2 aromatic carbocycles. The molecule has 0 atom stereocenters. The summed E-state index contributed by atoms with van der Waals surface area (Å²) in [4.78, 5) is 0. The van der Waals surface area contributed by atoms with Crippen LogP contribution in [-0.2, 0) is 10.8 Å². The predicted octanol–water partition coefficient (Wildman–Crippen LogP) is 6.29. The standard InChI is InChI=1S/2C12H15ClO/c2*13-11-5-3-4-10(8-11)12(9-14)6-1-2-7-12/h2*3-5,8,14H,1-2,6-7,9H2. The van der Waals surface area contributed by atoms with Crippen LogP contribution in [0.1, 0.15) is 62.5 Å². The van der Waals surface area contributed by atoms with E-state index in [1.165, 1.54) is 36.8 Å². The molecule has 2 aliphatic carbocycles. The van der Waals surface area contributed by atoms with Crippen molar-refractivity contribution < 1.29 is 10.2 Å². The summed E-state index contributed by atoms with van der Waals surface area (Å²) in [5.74, 6) is 0. The molecule has 0 amide bonds. The number of rotatable bonds is 4. The normalized spacial score (nSPS) is 19.9. The summed E-state index contributed by atoms with van der Waals surface area (Å²) in [5, 5.41) is 20.6. The lowest BCUT2D eigenvalue weighted by Crippen LogP contribution is -2.26. The molecule has 0 saturated heterocycles. The molecule has 0 radical (unpaired) electrons. The first-order chi connectivity index (χ1) is 13.5. The van der Waals surface area contributed by atoms with E-state index in [2.05, 4.69) is 12.1 Å². The zero-order chi connectivity index (χ0) is 20.0. The first kappa shape index (κ1) is 21.6. The van der Waals surface area contributed by atoms with E-state index in [1.54, 1.807) is 0 Å². The third kappa shape index (κ3) is 4.74. The molecule has 4 rings (SSSR count). The second-order valence-electron chi connectivity index (χ2n) is 8.31. The predicted molar refractivity (Wildman–Crippen MR) is 117 cm³/mol. The zero-order valence-electron chi connectivity index (χ0n) is 16.3. The number of halogens is 2. The van der Waals surface area contributed by atoms with Gasteiger partial charge in [-0.2, -0.15) is 0 Å². The van der Waals surface area contributed by atoms with Crippen molar-refractivity contribution in [1.29, 1.82) is 0 Å². The van der Waals surface area contributed by atoms with Gasteiger partial charge in [-0.25, -0.2) is 0 Å². The summed E-state index contributed by atoms with van der Waals surface area (Å²) in [7, 11) is 0. The maximum absolute atomic E-state index is 9.52. The first-order valence-electron chi connectivity index (χ1n) is 10.3. The third-order valence-corrected chi connectivity index (χ3v) is 7.07. The van der Waals surface area contributed by atoms with Crippen LogP contribution in [0, 0.1) is 0 Å². The smallest absolute Gasteiger partial charge is 0.0527 e. The second-order valence-corrected chi connectivity index (χ2v) is 9.18. The van der Waals surface area contributed by atoms with Gasteiger partial charge in [-0.1, -0.05) is 73.2 Å². The first-order valence-corrected chi connectivity index (χ1v) is 11.0. The topological polar surface area (TPSA) is 40.5 Å². The largest absolute Gasteiger partial charge is 0.395 e. The van der Waals surface area contributed by atoms with E-state index in [0.29, 0.717) is 0 Å². The third-order valence-electron chi connectivity index (χ3n) is 6.60. The van der Waals surface area contributed by atoms with Gasteiger partial charge in [-0.15, -0.1) is 0 Å². The van der Waals surface area contributed by atoms with Crippen LogP contribution in [0.4, 0.5) is 0 Å². The fourth-order valence-corrected chi connectivity index (χ4v) is 5.20. The Balaban J connectivity index is 0.000000161. The monoisotopic (exact) mass is 420 g/mol. The number of aliphatic hydroxyl groups is 2. The summed E-state index contributed by atoms with van der Waals surface area (Å²) in [6.07, 6.45) is 9.21. The molecule has 152 valence electrons. The Labute approximate surface area is 178 Å². The Morgan fingerprint density at radius 3 is 1.29 bits per heavy atom. The van der Waals surface area contributed by atoms with Gasteiger partial charge in [-0.3, -0.25) is 0 Å². The molecule has 2 N–H and O–H groups in total. The number of hydrogen-bond acceptors (Lipinski definition) is 2. The minimum atomic E-state index is -0.00903. The highest BCUT2D eigenvalue weighted by molar-refractivity contribution is 6.30. The maximum Gasteiger partial charge on any atom is 0.0527 e. The Morgan fingerprint density at radius 1 is 0.643 bits per heavy atom. The van der Waals surface area contributed by atoms with Crippen molar-refractivity contribution in [3.8, 4) is 0 Å². The molecular weight excluding hydrogens is 391 g/mol. The molecule has 0 unspecified atom stereocenters. The van der Waals surface area contributed by atoms with E-state index in [0.717, 1.165) is 35.7 Å². The minimum absolute atomic E-state index is 0.00903. The number of aliphatic hydroxyl groups excluding tert-OH is 2. The van der Waals surface area contributed by atoms with Gasteiger partial charge in [0.15, 0.2) is 0 Å². The summed E-state index contributed by atoms with van der Waals surface area (Å²) < 4.78 is 0. The Kier molecular flexibility index (Phi) is 7.44. The molecular formula is C24H30Cl2O2.